The van der Waals surface area contributed by atoms with Gasteiger partial charge in [0.25, 0.3) is 5.69 Å². The van der Waals surface area contributed by atoms with Crippen LogP contribution in [0.15, 0.2) is 90.2 Å². The summed E-state index contributed by atoms with van der Waals surface area (Å²) in [5, 5.41) is 11.8. The molecular weight excluding hydrogens is 455 g/mol. The van der Waals surface area contributed by atoms with Gasteiger partial charge in [-0.3, -0.25) is 14.7 Å². The van der Waals surface area contributed by atoms with E-state index >= 15 is 0 Å². The number of rotatable bonds is 7. The van der Waals surface area contributed by atoms with Gasteiger partial charge in [0, 0.05) is 29.1 Å². The summed E-state index contributed by atoms with van der Waals surface area (Å²) in [6.07, 6.45) is -3.20. The molecule has 0 fully saturated rings. The van der Waals surface area contributed by atoms with Crippen LogP contribution in [0.4, 0.5) is 18.9 Å². The fourth-order valence-corrected chi connectivity index (χ4v) is 4.14. The standard InChI is InChI=1S/C23H16F3N3O3S/c24-23(25,26)32-20-11-9-18(10-12-20)28-21(17-7-4-8-19(13-17)29(30)31)14-27-22(28)33-15-16-5-2-1-3-6-16/h1-14H,15H2. The van der Waals surface area contributed by atoms with Crippen molar-refractivity contribution in [2.45, 2.75) is 17.3 Å². The molecule has 4 rings (SSSR count). The monoisotopic (exact) mass is 471 g/mol. The summed E-state index contributed by atoms with van der Waals surface area (Å²) >= 11 is 1.44. The van der Waals surface area contributed by atoms with E-state index in [1.54, 1.807) is 22.9 Å². The molecule has 0 saturated carbocycles. The first kappa shape index (κ1) is 22.4. The molecule has 0 aliphatic heterocycles. The number of halogens is 3. The van der Waals surface area contributed by atoms with E-state index in [-0.39, 0.29) is 11.4 Å². The Labute approximate surface area is 190 Å². The van der Waals surface area contributed by atoms with Crippen LogP contribution in [0, 0.1) is 10.1 Å². The zero-order chi connectivity index (χ0) is 23.4. The molecule has 10 heteroatoms. The first-order valence-electron chi connectivity index (χ1n) is 9.66. The molecule has 0 bridgehead atoms. The molecule has 0 aliphatic rings. The minimum atomic E-state index is -4.79. The molecule has 3 aromatic carbocycles. The molecule has 0 saturated heterocycles. The lowest BCUT2D eigenvalue weighted by Crippen LogP contribution is -2.17. The Hall–Kier alpha value is -3.79. The molecule has 6 nitrogen and oxygen atoms in total. The molecule has 1 heterocycles. The minimum absolute atomic E-state index is 0.0762. The third-order valence-electron chi connectivity index (χ3n) is 4.62. The van der Waals surface area contributed by atoms with Crippen molar-refractivity contribution in [1.82, 2.24) is 9.55 Å². The van der Waals surface area contributed by atoms with Crippen molar-refractivity contribution in [3.8, 4) is 22.7 Å². The lowest BCUT2D eigenvalue weighted by molar-refractivity contribution is -0.384. The number of imidazole rings is 1. The molecular formula is C23H16F3N3O3S. The summed E-state index contributed by atoms with van der Waals surface area (Å²) < 4.78 is 43.3. The molecule has 4 aromatic rings. The maximum Gasteiger partial charge on any atom is 0.573 e. The quantitative estimate of drug-likeness (QED) is 0.172. The van der Waals surface area contributed by atoms with Crippen molar-refractivity contribution >= 4 is 17.4 Å². The number of hydrogen-bond acceptors (Lipinski definition) is 5. The second-order valence-corrected chi connectivity index (χ2v) is 7.83. The van der Waals surface area contributed by atoms with Gasteiger partial charge in [0.15, 0.2) is 5.16 Å². The van der Waals surface area contributed by atoms with E-state index in [2.05, 4.69) is 9.72 Å². The number of benzene rings is 3. The SMILES string of the molecule is O=[N+]([O-])c1cccc(-c2cnc(SCc3ccccc3)n2-c2ccc(OC(F)(F)F)cc2)c1. The van der Waals surface area contributed by atoms with Crippen LogP contribution in [0.25, 0.3) is 16.9 Å². The molecule has 33 heavy (non-hydrogen) atoms. The first-order valence-corrected chi connectivity index (χ1v) is 10.6. The molecule has 0 spiro atoms. The predicted molar refractivity (Wildman–Crippen MR) is 118 cm³/mol. The summed E-state index contributed by atoms with van der Waals surface area (Å²) in [6.45, 7) is 0. The van der Waals surface area contributed by atoms with E-state index in [0.29, 0.717) is 27.9 Å². The van der Waals surface area contributed by atoms with Gasteiger partial charge in [-0.1, -0.05) is 54.2 Å². The fraction of sp³-hybridized carbons (Fsp3) is 0.0870. The average Bonchev–Trinajstić information content (AvgIpc) is 3.22. The third-order valence-corrected chi connectivity index (χ3v) is 5.65. The van der Waals surface area contributed by atoms with E-state index in [1.165, 1.54) is 48.2 Å². The van der Waals surface area contributed by atoms with Crippen molar-refractivity contribution in [1.29, 1.82) is 0 Å². The number of ether oxygens (including phenoxy) is 1. The Morgan fingerprint density at radius 2 is 1.73 bits per heavy atom. The van der Waals surface area contributed by atoms with Gasteiger partial charge in [0.05, 0.1) is 16.8 Å². The zero-order valence-electron chi connectivity index (χ0n) is 16.9. The summed E-state index contributed by atoms with van der Waals surface area (Å²) in [7, 11) is 0. The fourth-order valence-electron chi connectivity index (χ4n) is 3.19. The normalized spacial score (nSPS) is 11.4. The smallest absolute Gasteiger partial charge is 0.406 e. The highest BCUT2D eigenvalue weighted by molar-refractivity contribution is 7.98. The first-order chi connectivity index (χ1) is 15.8. The Bertz CT molecular complexity index is 1260. The van der Waals surface area contributed by atoms with E-state index in [1.807, 2.05) is 30.3 Å². The molecule has 0 radical (unpaired) electrons. The second-order valence-electron chi connectivity index (χ2n) is 6.88. The lowest BCUT2D eigenvalue weighted by Gasteiger charge is -2.14. The summed E-state index contributed by atoms with van der Waals surface area (Å²) in [5.74, 6) is 0.267. The van der Waals surface area contributed by atoms with Crippen LogP contribution in [-0.4, -0.2) is 20.8 Å². The van der Waals surface area contributed by atoms with Crippen LogP contribution in [0.5, 0.6) is 5.75 Å². The Balaban J connectivity index is 1.74. The topological polar surface area (TPSA) is 70.2 Å². The number of thioether (sulfide) groups is 1. The van der Waals surface area contributed by atoms with Gasteiger partial charge in [-0.25, -0.2) is 4.98 Å². The molecule has 1 aromatic heterocycles. The maximum atomic E-state index is 12.5. The minimum Gasteiger partial charge on any atom is -0.406 e. The van der Waals surface area contributed by atoms with Gasteiger partial charge in [-0.05, 0) is 29.8 Å². The zero-order valence-corrected chi connectivity index (χ0v) is 17.7. The molecule has 0 aliphatic carbocycles. The van der Waals surface area contributed by atoms with Gasteiger partial charge < -0.3 is 4.74 Å². The van der Waals surface area contributed by atoms with E-state index in [0.717, 1.165) is 5.56 Å². The molecule has 0 amide bonds. The molecule has 0 N–H and O–H groups in total. The van der Waals surface area contributed by atoms with Crippen LogP contribution >= 0.6 is 11.8 Å². The number of alkyl halides is 3. The number of aromatic nitrogens is 2. The molecule has 0 atom stereocenters. The molecule has 168 valence electrons. The van der Waals surface area contributed by atoms with Gasteiger partial charge >= 0.3 is 6.36 Å². The summed E-state index contributed by atoms with van der Waals surface area (Å²) in [5.41, 5.74) is 2.66. The van der Waals surface area contributed by atoms with E-state index in [4.69, 9.17) is 0 Å². The van der Waals surface area contributed by atoms with Crippen molar-refractivity contribution in [2.75, 3.05) is 0 Å². The molecule has 0 unspecified atom stereocenters. The van der Waals surface area contributed by atoms with Gasteiger partial charge in [-0.2, -0.15) is 0 Å². The van der Waals surface area contributed by atoms with Crippen LogP contribution in [0.2, 0.25) is 0 Å². The van der Waals surface area contributed by atoms with Crippen LogP contribution in [0.3, 0.4) is 0 Å². The third kappa shape index (κ3) is 5.53. The Kier molecular flexibility index (Phi) is 6.36. The average molecular weight is 471 g/mol. The number of nitrogens with zero attached hydrogens (tertiary/aromatic N) is 3. The highest BCUT2D eigenvalue weighted by atomic mass is 32.2. The van der Waals surface area contributed by atoms with Gasteiger partial charge in [0.2, 0.25) is 0 Å². The van der Waals surface area contributed by atoms with E-state index in [9.17, 15) is 23.3 Å². The number of non-ortho nitro benzene ring substituents is 1. The number of hydrogen-bond donors (Lipinski definition) is 0. The lowest BCUT2D eigenvalue weighted by atomic mass is 10.1. The Morgan fingerprint density at radius 1 is 1.00 bits per heavy atom. The largest absolute Gasteiger partial charge is 0.573 e. The highest BCUT2D eigenvalue weighted by Crippen LogP contribution is 2.33. The van der Waals surface area contributed by atoms with Gasteiger partial charge in [0.1, 0.15) is 5.75 Å². The van der Waals surface area contributed by atoms with Crippen LogP contribution in [-0.2, 0) is 5.75 Å². The van der Waals surface area contributed by atoms with Gasteiger partial charge in [-0.15, -0.1) is 13.2 Å². The summed E-state index contributed by atoms with van der Waals surface area (Å²) in [4.78, 5) is 15.2. The van der Waals surface area contributed by atoms with Crippen molar-refractivity contribution in [3.63, 3.8) is 0 Å². The van der Waals surface area contributed by atoms with Crippen molar-refractivity contribution in [3.05, 3.63) is 101 Å². The van der Waals surface area contributed by atoms with E-state index < -0.39 is 11.3 Å². The number of nitro groups is 1. The highest BCUT2D eigenvalue weighted by Gasteiger charge is 2.31. The Morgan fingerprint density at radius 3 is 2.39 bits per heavy atom. The second kappa shape index (κ2) is 9.37. The van der Waals surface area contributed by atoms with Crippen LogP contribution < -0.4 is 4.74 Å². The van der Waals surface area contributed by atoms with Crippen molar-refractivity contribution in [2.24, 2.45) is 0 Å². The summed E-state index contributed by atoms with van der Waals surface area (Å²) in [6, 6.07) is 21.2. The predicted octanol–water partition coefficient (Wildman–Crippen LogP) is 6.64. The maximum absolute atomic E-state index is 12.5. The number of nitro benzene ring substituents is 1. The van der Waals surface area contributed by atoms with Crippen LogP contribution in [0.1, 0.15) is 5.56 Å². The van der Waals surface area contributed by atoms with Crippen molar-refractivity contribution < 1.29 is 22.8 Å².